The van der Waals surface area contributed by atoms with E-state index in [4.69, 9.17) is 0 Å². The van der Waals surface area contributed by atoms with Crippen LogP contribution >= 0.6 is 0 Å². The van der Waals surface area contributed by atoms with Gasteiger partial charge in [0, 0.05) is 31.6 Å². The third kappa shape index (κ3) is 3.07. The van der Waals surface area contributed by atoms with Crippen LogP contribution in [0.2, 0.25) is 0 Å². The monoisotopic (exact) mass is 396 g/mol. The molecule has 8 heteroatoms. The van der Waals surface area contributed by atoms with Crippen molar-refractivity contribution in [2.75, 3.05) is 19.6 Å². The average Bonchev–Trinajstić information content (AvgIpc) is 2.92. The average molecular weight is 396 g/mol. The van der Waals surface area contributed by atoms with Gasteiger partial charge in [-0.15, -0.1) is 0 Å². The summed E-state index contributed by atoms with van der Waals surface area (Å²) in [4.78, 5) is 52.6. The molecule has 8 nitrogen and oxygen atoms in total. The normalized spacial score (nSPS) is 26.5. The van der Waals surface area contributed by atoms with E-state index in [1.807, 2.05) is 6.07 Å². The minimum Gasteiger partial charge on any atom is -0.309 e. The van der Waals surface area contributed by atoms with Crippen LogP contribution in [-0.4, -0.2) is 64.6 Å². The molecule has 3 saturated heterocycles. The Labute approximate surface area is 168 Å². The van der Waals surface area contributed by atoms with Gasteiger partial charge in [0.2, 0.25) is 11.8 Å². The third-order valence-electron chi connectivity index (χ3n) is 6.55. The Morgan fingerprint density at radius 2 is 1.83 bits per heavy atom. The number of nitrogens with one attached hydrogen (secondary N) is 2. The first-order chi connectivity index (χ1) is 14.0. The zero-order valence-electron chi connectivity index (χ0n) is 16.2. The van der Waals surface area contributed by atoms with E-state index >= 15 is 0 Å². The molecule has 1 spiro atoms. The van der Waals surface area contributed by atoms with Gasteiger partial charge < -0.3 is 5.32 Å². The van der Waals surface area contributed by atoms with Crippen LogP contribution in [0.3, 0.4) is 0 Å². The summed E-state index contributed by atoms with van der Waals surface area (Å²) < 4.78 is 0. The molecule has 0 aliphatic carbocycles. The lowest BCUT2D eigenvalue weighted by molar-refractivity contribution is -0.136. The molecule has 3 fully saturated rings. The van der Waals surface area contributed by atoms with Gasteiger partial charge in [0.05, 0.1) is 11.1 Å². The zero-order valence-corrected chi connectivity index (χ0v) is 16.2. The number of likely N-dealkylation sites (tertiary alicyclic amines) is 1. The van der Waals surface area contributed by atoms with Crippen molar-refractivity contribution >= 4 is 23.6 Å². The predicted molar refractivity (Wildman–Crippen MR) is 103 cm³/mol. The molecule has 1 atom stereocenters. The Morgan fingerprint density at radius 1 is 1.03 bits per heavy atom. The number of fused-ring (bicyclic) bond motifs is 1. The molecular weight excluding hydrogens is 372 g/mol. The molecule has 1 aromatic rings. The minimum absolute atomic E-state index is 0.125. The molecule has 4 aliphatic heterocycles. The molecule has 2 N–H and O–H groups in total. The molecule has 0 radical (unpaired) electrons. The summed E-state index contributed by atoms with van der Waals surface area (Å²) in [5, 5.41) is 5.86. The third-order valence-corrected chi connectivity index (χ3v) is 6.55. The molecule has 4 heterocycles. The Bertz CT molecular complexity index is 913. The fourth-order valence-electron chi connectivity index (χ4n) is 5.10. The largest absolute Gasteiger partial charge is 0.309 e. The van der Waals surface area contributed by atoms with Crippen molar-refractivity contribution in [1.29, 1.82) is 0 Å². The maximum absolute atomic E-state index is 12.9. The summed E-state index contributed by atoms with van der Waals surface area (Å²) in [6.07, 6.45) is 4.02. The lowest BCUT2D eigenvalue weighted by Gasteiger charge is -2.53. The number of piperidine rings is 2. The molecule has 4 amide bonds. The molecule has 152 valence electrons. The highest BCUT2D eigenvalue weighted by Gasteiger charge is 2.45. The van der Waals surface area contributed by atoms with Gasteiger partial charge >= 0.3 is 0 Å². The maximum atomic E-state index is 12.9. The first-order valence-corrected chi connectivity index (χ1v) is 10.3. The van der Waals surface area contributed by atoms with Crippen LogP contribution in [0.1, 0.15) is 58.4 Å². The van der Waals surface area contributed by atoms with Gasteiger partial charge in [-0.05, 0) is 43.5 Å². The van der Waals surface area contributed by atoms with Crippen molar-refractivity contribution < 1.29 is 19.2 Å². The smallest absolute Gasteiger partial charge is 0.262 e. The fourth-order valence-corrected chi connectivity index (χ4v) is 5.10. The summed E-state index contributed by atoms with van der Waals surface area (Å²) in [6, 6.07) is 4.43. The first-order valence-electron chi connectivity index (χ1n) is 10.3. The number of carbonyl (C=O) groups excluding carboxylic acids is 4. The fraction of sp³-hybridized carbons (Fsp3) is 0.524. The van der Waals surface area contributed by atoms with Gasteiger partial charge in [0.25, 0.3) is 11.8 Å². The van der Waals surface area contributed by atoms with Gasteiger partial charge in [0.1, 0.15) is 6.04 Å². The van der Waals surface area contributed by atoms with E-state index in [1.54, 1.807) is 12.1 Å². The lowest BCUT2D eigenvalue weighted by atomic mass is 9.81. The van der Waals surface area contributed by atoms with Crippen molar-refractivity contribution in [1.82, 2.24) is 20.4 Å². The molecule has 5 rings (SSSR count). The second-order valence-corrected chi connectivity index (χ2v) is 8.64. The summed E-state index contributed by atoms with van der Waals surface area (Å²) >= 11 is 0. The van der Waals surface area contributed by atoms with Crippen molar-refractivity contribution in [3.8, 4) is 0 Å². The number of rotatable bonds is 3. The highest BCUT2D eigenvalue weighted by Crippen LogP contribution is 2.32. The van der Waals surface area contributed by atoms with E-state index in [9.17, 15) is 19.2 Å². The van der Waals surface area contributed by atoms with Gasteiger partial charge in [-0.2, -0.15) is 0 Å². The first kappa shape index (κ1) is 18.4. The summed E-state index contributed by atoms with van der Waals surface area (Å²) in [5.74, 6) is -1.86. The van der Waals surface area contributed by atoms with Crippen LogP contribution in [0, 0.1) is 0 Å². The number of carbonyl (C=O) groups is 4. The van der Waals surface area contributed by atoms with Gasteiger partial charge in [-0.3, -0.25) is 34.3 Å². The van der Waals surface area contributed by atoms with E-state index in [0.29, 0.717) is 11.1 Å². The van der Waals surface area contributed by atoms with E-state index in [-0.39, 0.29) is 24.3 Å². The Balaban J connectivity index is 1.30. The molecule has 4 aliphatic rings. The SMILES string of the molecule is O=C1CCC(N2C(=O)c3ccc(CN4CC5(CCCCN5)C4)cc3C2=O)C(=O)N1. The van der Waals surface area contributed by atoms with Crippen molar-refractivity contribution in [2.24, 2.45) is 0 Å². The number of amides is 4. The molecule has 0 aromatic heterocycles. The predicted octanol–water partition coefficient (Wildman–Crippen LogP) is 0.416. The van der Waals surface area contributed by atoms with Crippen molar-refractivity contribution in [3.63, 3.8) is 0 Å². The van der Waals surface area contributed by atoms with E-state index in [0.717, 1.165) is 36.6 Å². The van der Waals surface area contributed by atoms with E-state index in [1.165, 1.54) is 19.3 Å². The van der Waals surface area contributed by atoms with E-state index < -0.39 is 23.8 Å². The molecule has 1 aromatic carbocycles. The molecule has 0 bridgehead atoms. The Kier molecular flexibility index (Phi) is 4.29. The number of imide groups is 2. The summed E-state index contributed by atoms with van der Waals surface area (Å²) in [7, 11) is 0. The van der Waals surface area contributed by atoms with Gasteiger partial charge in [0.15, 0.2) is 0 Å². The topological polar surface area (TPSA) is 98.8 Å². The Morgan fingerprint density at radius 3 is 2.55 bits per heavy atom. The van der Waals surface area contributed by atoms with Crippen LogP contribution < -0.4 is 10.6 Å². The lowest BCUT2D eigenvalue weighted by Crippen LogP contribution is -2.69. The second kappa shape index (κ2) is 6.74. The maximum Gasteiger partial charge on any atom is 0.262 e. The van der Waals surface area contributed by atoms with Crippen molar-refractivity contribution in [3.05, 3.63) is 34.9 Å². The highest BCUT2D eigenvalue weighted by molar-refractivity contribution is 6.23. The van der Waals surface area contributed by atoms with Crippen LogP contribution in [0.25, 0.3) is 0 Å². The summed E-state index contributed by atoms with van der Waals surface area (Å²) in [6.45, 7) is 3.81. The number of hydrogen-bond donors (Lipinski definition) is 2. The molecule has 29 heavy (non-hydrogen) atoms. The summed E-state index contributed by atoms with van der Waals surface area (Å²) in [5.41, 5.74) is 1.92. The van der Waals surface area contributed by atoms with Crippen LogP contribution in [0.5, 0.6) is 0 Å². The van der Waals surface area contributed by atoms with Crippen LogP contribution in [-0.2, 0) is 16.1 Å². The number of benzene rings is 1. The Hall–Kier alpha value is -2.58. The van der Waals surface area contributed by atoms with E-state index in [2.05, 4.69) is 15.5 Å². The quantitative estimate of drug-likeness (QED) is 0.719. The molecule has 0 saturated carbocycles. The van der Waals surface area contributed by atoms with Crippen LogP contribution in [0.15, 0.2) is 18.2 Å². The highest BCUT2D eigenvalue weighted by atomic mass is 16.2. The van der Waals surface area contributed by atoms with Crippen LogP contribution in [0.4, 0.5) is 0 Å². The number of hydrogen-bond acceptors (Lipinski definition) is 6. The van der Waals surface area contributed by atoms with Gasteiger partial charge in [-0.25, -0.2) is 0 Å². The standard InChI is InChI=1S/C21H24N4O4/c26-17-6-5-16(18(27)23-17)25-19(28)14-4-3-13(9-15(14)20(25)29)10-24-11-21(12-24)7-1-2-8-22-21/h3-4,9,16,22H,1-2,5-8,10-12H2,(H,23,26,27). The molecule has 1 unspecified atom stereocenters. The minimum atomic E-state index is -0.920. The zero-order chi connectivity index (χ0) is 20.2. The molecular formula is C21H24N4O4. The second-order valence-electron chi connectivity index (χ2n) is 8.64. The van der Waals surface area contributed by atoms with Gasteiger partial charge in [-0.1, -0.05) is 12.5 Å². The number of nitrogens with zero attached hydrogens (tertiary/aromatic N) is 2. The van der Waals surface area contributed by atoms with Crippen molar-refractivity contribution in [2.45, 2.75) is 50.2 Å².